The van der Waals surface area contributed by atoms with Crippen molar-refractivity contribution in [3.8, 4) is 11.8 Å². The Labute approximate surface area is 99.0 Å². The van der Waals surface area contributed by atoms with Gasteiger partial charge < -0.3 is 0 Å². The van der Waals surface area contributed by atoms with Crippen LogP contribution in [0, 0.1) is 11.8 Å². The molecular weight excluding hydrogens is 252 g/mol. The molecule has 1 nitrogen and oxygen atoms in total. The molecule has 0 spiro atoms. The molecule has 0 amide bonds. The van der Waals surface area contributed by atoms with Crippen LogP contribution in [0.3, 0.4) is 0 Å². The second-order valence-electron chi connectivity index (χ2n) is 3.23. The van der Waals surface area contributed by atoms with Crippen molar-refractivity contribution in [3.05, 3.63) is 34.3 Å². The van der Waals surface area contributed by atoms with E-state index in [-0.39, 0.29) is 5.78 Å². The lowest BCUT2D eigenvalue weighted by Gasteiger charge is -2.01. The number of rotatable bonds is 4. The Bertz CT molecular complexity index is 398. The van der Waals surface area contributed by atoms with Crippen LogP contribution in [-0.2, 0) is 11.2 Å². The predicted octanol–water partition coefficient (Wildman–Crippen LogP) is 3.36. The van der Waals surface area contributed by atoms with E-state index in [0.717, 1.165) is 10.0 Å². The summed E-state index contributed by atoms with van der Waals surface area (Å²) in [6, 6.07) is 7.81. The molecular formula is C13H13BrO. The average molecular weight is 265 g/mol. The van der Waals surface area contributed by atoms with Gasteiger partial charge in [0.25, 0.3) is 0 Å². The minimum Gasteiger partial charge on any atom is -0.299 e. The Morgan fingerprint density at radius 2 is 2.13 bits per heavy atom. The normalized spacial score (nSPS) is 9.20. The van der Waals surface area contributed by atoms with Gasteiger partial charge in [-0.25, -0.2) is 0 Å². The molecule has 0 aliphatic carbocycles. The maximum absolute atomic E-state index is 11.6. The molecule has 0 radical (unpaired) electrons. The number of ketones is 1. The fraction of sp³-hybridized carbons (Fsp3) is 0.308. The molecule has 1 aromatic rings. The first kappa shape index (κ1) is 12.0. The van der Waals surface area contributed by atoms with Crippen molar-refractivity contribution in [1.82, 2.24) is 0 Å². The van der Waals surface area contributed by atoms with Gasteiger partial charge in [0, 0.05) is 23.7 Å². The highest BCUT2D eigenvalue weighted by Gasteiger charge is 2.05. The molecule has 0 saturated carbocycles. The van der Waals surface area contributed by atoms with Crippen LogP contribution in [0.4, 0.5) is 0 Å². The number of Topliss-reactive ketones (excluding diaryl/α,β-unsaturated/α-hetero) is 1. The molecule has 1 aromatic carbocycles. The summed E-state index contributed by atoms with van der Waals surface area (Å²) in [6.07, 6.45) is 1.70. The van der Waals surface area contributed by atoms with Gasteiger partial charge in [-0.15, -0.1) is 11.8 Å². The second-order valence-corrected chi connectivity index (χ2v) is 4.09. The van der Waals surface area contributed by atoms with E-state index in [1.54, 1.807) is 6.92 Å². The van der Waals surface area contributed by atoms with Crippen molar-refractivity contribution < 1.29 is 4.79 Å². The first-order chi connectivity index (χ1) is 7.24. The second kappa shape index (κ2) is 6.42. The molecule has 0 aliphatic rings. The molecule has 0 atom stereocenters. The molecule has 1 rings (SSSR count). The van der Waals surface area contributed by atoms with Crippen molar-refractivity contribution >= 4 is 21.7 Å². The van der Waals surface area contributed by atoms with E-state index < -0.39 is 0 Å². The SMILES string of the molecule is CC#CCCC(=O)Cc1ccccc1Br. The maximum atomic E-state index is 11.6. The highest BCUT2D eigenvalue weighted by molar-refractivity contribution is 9.10. The van der Waals surface area contributed by atoms with Gasteiger partial charge in [-0.1, -0.05) is 34.1 Å². The van der Waals surface area contributed by atoms with E-state index in [1.165, 1.54) is 0 Å². The van der Waals surface area contributed by atoms with Crippen LogP contribution in [0.5, 0.6) is 0 Å². The topological polar surface area (TPSA) is 17.1 Å². The van der Waals surface area contributed by atoms with E-state index in [4.69, 9.17) is 0 Å². The van der Waals surface area contributed by atoms with E-state index in [2.05, 4.69) is 27.8 Å². The zero-order valence-electron chi connectivity index (χ0n) is 8.72. The first-order valence-corrected chi connectivity index (χ1v) is 5.68. The molecule has 0 heterocycles. The summed E-state index contributed by atoms with van der Waals surface area (Å²) in [4.78, 5) is 11.6. The smallest absolute Gasteiger partial charge is 0.138 e. The molecule has 0 aliphatic heterocycles. The Morgan fingerprint density at radius 3 is 2.80 bits per heavy atom. The zero-order valence-corrected chi connectivity index (χ0v) is 10.3. The fourth-order valence-corrected chi connectivity index (χ4v) is 1.69. The average Bonchev–Trinajstić information content (AvgIpc) is 2.22. The Kier molecular flexibility index (Phi) is 5.14. The Morgan fingerprint density at radius 1 is 1.40 bits per heavy atom. The molecule has 0 aromatic heterocycles. The summed E-state index contributed by atoms with van der Waals surface area (Å²) in [7, 11) is 0. The summed E-state index contributed by atoms with van der Waals surface area (Å²) < 4.78 is 1.000. The summed E-state index contributed by atoms with van der Waals surface area (Å²) in [5.74, 6) is 5.92. The molecule has 2 heteroatoms. The largest absolute Gasteiger partial charge is 0.299 e. The zero-order chi connectivity index (χ0) is 11.1. The third-order valence-electron chi connectivity index (χ3n) is 2.05. The van der Waals surface area contributed by atoms with Gasteiger partial charge in [0.15, 0.2) is 0 Å². The fourth-order valence-electron chi connectivity index (χ4n) is 1.27. The summed E-state index contributed by atoms with van der Waals surface area (Å²) in [6.45, 7) is 1.79. The van der Waals surface area contributed by atoms with E-state index in [0.29, 0.717) is 19.3 Å². The maximum Gasteiger partial charge on any atom is 0.138 e. The first-order valence-electron chi connectivity index (χ1n) is 4.88. The summed E-state index contributed by atoms with van der Waals surface area (Å²) in [5, 5.41) is 0. The molecule has 15 heavy (non-hydrogen) atoms. The number of benzene rings is 1. The lowest BCUT2D eigenvalue weighted by molar-refractivity contribution is -0.118. The van der Waals surface area contributed by atoms with Crippen LogP contribution in [0.25, 0.3) is 0 Å². The van der Waals surface area contributed by atoms with Crippen molar-refractivity contribution in [2.24, 2.45) is 0 Å². The number of carbonyl (C=O) groups excluding carboxylic acids is 1. The molecule has 0 fully saturated rings. The van der Waals surface area contributed by atoms with Gasteiger partial charge in [-0.2, -0.15) is 0 Å². The number of hydrogen-bond acceptors (Lipinski definition) is 1. The Balaban J connectivity index is 2.50. The quantitative estimate of drug-likeness (QED) is 0.763. The molecule has 78 valence electrons. The van der Waals surface area contributed by atoms with Crippen molar-refractivity contribution in [2.45, 2.75) is 26.2 Å². The van der Waals surface area contributed by atoms with Crippen molar-refractivity contribution in [1.29, 1.82) is 0 Å². The Hall–Kier alpha value is -1.07. The highest BCUT2D eigenvalue weighted by Crippen LogP contribution is 2.17. The molecule has 0 bridgehead atoms. The molecule has 0 unspecified atom stereocenters. The standard InChI is InChI=1S/C13H13BrO/c1-2-3-4-8-12(15)10-11-7-5-6-9-13(11)14/h5-7,9H,4,8,10H2,1H3. The van der Waals surface area contributed by atoms with Gasteiger partial charge in [0.1, 0.15) is 5.78 Å². The van der Waals surface area contributed by atoms with E-state index in [1.807, 2.05) is 24.3 Å². The van der Waals surface area contributed by atoms with Gasteiger partial charge in [0.05, 0.1) is 0 Å². The number of halogens is 1. The number of carbonyl (C=O) groups is 1. The lowest BCUT2D eigenvalue weighted by atomic mass is 10.1. The summed E-state index contributed by atoms with van der Waals surface area (Å²) in [5.41, 5.74) is 1.05. The molecule has 0 saturated heterocycles. The minimum absolute atomic E-state index is 0.240. The van der Waals surface area contributed by atoms with Gasteiger partial charge >= 0.3 is 0 Å². The van der Waals surface area contributed by atoms with Crippen LogP contribution in [0.1, 0.15) is 25.3 Å². The van der Waals surface area contributed by atoms with Crippen LogP contribution in [-0.4, -0.2) is 5.78 Å². The van der Waals surface area contributed by atoms with Crippen LogP contribution >= 0.6 is 15.9 Å². The van der Waals surface area contributed by atoms with Crippen molar-refractivity contribution in [3.63, 3.8) is 0 Å². The predicted molar refractivity (Wildman–Crippen MR) is 65.5 cm³/mol. The van der Waals surface area contributed by atoms with Crippen LogP contribution < -0.4 is 0 Å². The molecule has 0 N–H and O–H groups in total. The minimum atomic E-state index is 0.240. The van der Waals surface area contributed by atoms with Crippen LogP contribution in [0.2, 0.25) is 0 Å². The van der Waals surface area contributed by atoms with E-state index >= 15 is 0 Å². The lowest BCUT2D eigenvalue weighted by Crippen LogP contribution is -2.02. The highest BCUT2D eigenvalue weighted by atomic mass is 79.9. The summed E-state index contributed by atoms with van der Waals surface area (Å²) >= 11 is 3.43. The monoisotopic (exact) mass is 264 g/mol. The van der Waals surface area contributed by atoms with Gasteiger partial charge in [0.2, 0.25) is 0 Å². The third kappa shape index (κ3) is 4.31. The number of hydrogen-bond donors (Lipinski definition) is 0. The van der Waals surface area contributed by atoms with Crippen LogP contribution in [0.15, 0.2) is 28.7 Å². The van der Waals surface area contributed by atoms with Crippen molar-refractivity contribution in [2.75, 3.05) is 0 Å². The van der Waals surface area contributed by atoms with Gasteiger partial charge in [-0.05, 0) is 18.6 Å². The third-order valence-corrected chi connectivity index (χ3v) is 2.82. The van der Waals surface area contributed by atoms with Gasteiger partial charge in [-0.3, -0.25) is 4.79 Å². The van der Waals surface area contributed by atoms with E-state index in [9.17, 15) is 4.79 Å².